The van der Waals surface area contributed by atoms with Crippen LogP contribution < -0.4 is 0 Å². The van der Waals surface area contributed by atoms with E-state index in [4.69, 9.17) is 0 Å². The molecule has 3 aliphatic carbocycles. The highest BCUT2D eigenvalue weighted by Crippen LogP contribution is 2.68. The number of hydrogen-bond donors (Lipinski definition) is 0. The average Bonchev–Trinajstić information content (AvgIpc) is 2.12. The number of Topliss-reactive ketones (excluding diaryl/α,β-unsaturated/α-hetero) is 1. The molecule has 3 aliphatic rings. The molecule has 1 heteroatoms. The fourth-order valence-electron chi connectivity index (χ4n) is 5.30. The number of carbonyl (C=O) groups is 1. The summed E-state index contributed by atoms with van der Waals surface area (Å²) in [5.41, 5.74) is 0.713. The summed E-state index contributed by atoms with van der Waals surface area (Å²) in [7, 11) is 0. The van der Waals surface area contributed by atoms with Crippen LogP contribution in [0.15, 0.2) is 0 Å². The molecular formula is C15H24O. The molecule has 1 nitrogen and oxygen atoms in total. The van der Waals surface area contributed by atoms with E-state index in [0.717, 1.165) is 18.3 Å². The van der Waals surface area contributed by atoms with Crippen LogP contribution in [0.25, 0.3) is 0 Å². The normalized spacial score (nSPS) is 50.2. The lowest BCUT2D eigenvalue weighted by molar-refractivity contribution is -0.176. The van der Waals surface area contributed by atoms with Crippen LogP contribution in [0.3, 0.4) is 0 Å². The molecule has 0 radical (unpaired) electrons. The summed E-state index contributed by atoms with van der Waals surface area (Å²) in [6.45, 7) is 7.05. The summed E-state index contributed by atoms with van der Waals surface area (Å²) in [4.78, 5) is 12.2. The Kier molecular flexibility index (Phi) is 2.10. The van der Waals surface area contributed by atoms with Gasteiger partial charge in [-0.05, 0) is 48.3 Å². The standard InChI is InChI=1S/C15H24O/c1-10-4-5-13-14(2,3)9-12(16)11-6-7-15(11,13)8-10/h10-11,13H,4-9H2,1-3H3/t10?,11-,13?,15+/m1/s1. The quantitative estimate of drug-likeness (QED) is 0.606. The van der Waals surface area contributed by atoms with Gasteiger partial charge in [0.1, 0.15) is 5.78 Å². The average molecular weight is 220 g/mol. The van der Waals surface area contributed by atoms with Gasteiger partial charge in [-0.15, -0.1) is 0 Å². The first kappa shape index (κ1) is 10.8. The molecule has 0 heterocycles. The van der Waals surface area contributed by atoms with Crippen LogP contribution in [0.4, 0.5) is 0 Å². The fraction of sp³-hybridized carbons (Fsp3) is 0.933. The number of hydrogen-bond acceptors (Lipinski definition) is 1. The van der Waals surface area contributed by atoms with E-state index in [2.05, 4.69) is 20.8 Å². The van der Waals surface area contributed by atoms with Crippen molar-refractivity contribution in [2.75, 3.05) is 0 Å². The third-order valence-electron chi connectivity index (χ3n) is 5.92. The third-order valence-corrected chi connectivity index (χ3v) is 5.92. The predicted octanol–water partition coefficient (Wildman–Crippen LogP) is 3.82. The van der Waals surface area contributed by atoms with Crippen molar-refractivity contribution in [2.45, 2.75) is 59.3 Å². The molecule has 90 valence electrons. The second-order valence-electron chi connectivity index (χ2n) is 7.40. The zero-order chi connectivity index (χ0) is 11.6. The van der Waals surface area contributed by atoms with E-state index in [9.17, 15) is 4.79 Å². The lowest BCUT2D eigenvalue weighted by Crippen LogP contribution is -2.60. The fourth-order valence-corrected chi connectivity index (χ4v) is 5.30. The maximum atomic E-state index is 12.2. The van der Waals surface area contributed by atoms with E-state index in [0.29, 0.717) is 17.1 Å². The van der Waals surface area contributed by atoms with Gasteiger partial charge in [-0.3, -0.25) is 4.79 Å². The van der Waals surface area contributed by atoms with E-state index >= 15 is 0 Å². The molecule has 4 atom stereocenters. The van der Waals surface area contributed by atoms with Crippen molar-refractivity contribution < 1.29 is 4.79 Å². The van der Waals surface area contributed by atoms with Crippen molar-refractivity contribution in [2.24, 2.45) is 28.6 Å². The zero-order valence-electron chi connectivity index (χ0n) is 10.9. The van der Waals surface area contributed by atoms with Gasteiger partial charge in [0, 0.05) is 12.3 Å². The smallest absolute Gasteiger partial charge is 0.137 e. The minimum atomic E-state index is 0.272. The van der Waals surface area contributed by atoms with Crippen LogP contribution in [0, 0.1) is 28.6 Å². The SMILES string of the molecule is CC1CCC2C(C)(C)CC(=O)[C@H]3CC[C@@]23C1. The summed E-state index contributed by atoms with van der Waals surface area (Å²) < 4.78 is 0. The minimum absolute atomic E-state index is 0.272. The van der Waals surface area contributed by atoms with Crippen molar-refractivity contribution in [3.05, 3.63) is 0 Å². The van der Waals surface area contributed by atoms with E-state index < -0.39 is 0 Å². The highest BCUT2D eigenvalue weighted by atomic mass is 16.1. The van der Waals surface area contributed by atoms with Gasteiger partial charge in [-0.25, -0.2) is 0 Å². The molecule has 0 aromatic carbocycles. The van der Waals surface area contributed by atoms with E-state index in [1.807, 2.05) is 0 Å². The van der Waals surface area contributed by atoms with Gasteiger partial charge in [0.15, 0.2) is 0 Å². The maximum Gasteiger partial charge on any atom is 0.137 e. The minimum Gasteiger partial charge on any atom is -0.299 e. The molecule has 0 N–H and O–H groups in total. The summed E-state index contributed by atoms with van der Waals surface area (Å²) in [5.74, 6) is 2.71. The number of carbonyl (C=O) groups excluding carboxylic acids is 1. The topological polar surface area (TPSA) is 17.1 Å². The van der Waals surface area contributed by atoms with Gasteiger partial charge in [-0.2, -0.15) is 0 Å². The monoisotopic (exact) mass is 220 g/mol. The first-order chi connectivity index (χ1) is 7.46. The molecule has 0 amide bonds. The lowest BCUT2D eigenvalue weighted by atomic mass is 9.39. The summed E-state index contributed by atoms with van der Waals surface area (Å²) in [6.07, 6.45) is 7.46. The van der Waals surface area contributed by atoms with E-state index in [1.54, 1.807) is 0 Å². The third kappa shape index (κ3) is 1.21. The molecule has 3 saturated carbocycles. The molecule has 0 aromatic rings. The lowest BCUT2D eigenvalue weighted by Gasteiger charge is -2.64. The Bertz CT molecular complexity index is 330. The summed E-state index contributed by atoms with van der Waals surface area (Å²) >= 11 is 0. The van der Waals surface area contributed by atoms with Crippen LogP contribution in [0.5, 0.6) is 0 Å². The molecule has 0 aliphatic heterocycles. The van der Waals surface area contributed by atoms with Gasteiger partial charge >= 0.3 is 0 Å². The first-order valence-corrected chi connectivity index (χ1v) is 6.98. The van der Waals surface area contributed by atoms with Crippen molar-refractivity contribution in [3.8, 4) is 0 Å². The Morgan fingerprint density at radius 1 is 1.19 bits per heavy atom. The Balaban J connectivity index is 1.98. The molecule has 1 spiro atoms. The molecule has 3 fully saturated rings. The molecule has 0 aromatic heterocycles. The molecule has 2 unspecified atom stereocenters. The molecule has 16 heavy (non-hydrogen) atoms. The molecule has 0 saturated heterocycles. The Hall–Kier alpha value is -0.330. The largest absolute Gasteiger partial charge is 0.299 e. The van der Waals surface area contributed by atoms with Crippen LogP contribution in [0.2, 0.25) is 0 Å². The van der Waals surface area contributed by atoms with Crippen molar-refractivity contribution in [3.63, 3.8) is 0 Å². The van der Waals surface area contributed by atoms with Gasteiger partial charge in [0.2, 0.25) is 0 Å². The summed E-state index contributed by atoms with van der Waals surface area (Å²) in [5, 5.41) is 0. The first-order valence-electron chi connectivity index (χ1n) is 6.98. The van der Waals surface area contributed by atoms with Crippen molar-refractivity contribution >= 4 is 5.78 Å². The van der Waals surface area contributed by atoms with Crippen molar-refractivity contribution in [1.82, 2.24) is 0 Å². The maximum absolute atomic E-state index is 12.2. The Morgan fingerprint density at radius 2 is 1.94 bits per heavy atom. The van der Waals surface area contributed by atoms with Crippen LogP contribution >= 0.6 is 0 Å². The zero-order valence-corrected chi connectivity index (χ0v) is 10.9. The highest BCUT2D eigenvalue weighted by molar-refractivity contribution is 5.84. The van der Waals surface area contributed by atoms with E-state index in [-0.39, 0.29) is 5.41 Å². The second-order valence-corrected chi connectivity index (χ2v) is 7.40. The van der Waals surface area contributed by atoms with Gasteiger partial charge in [-0.1, -0.05) is 27.2 Å². The predicted molar refractivity (Wildman–Crippen MR) is 65.1 cm³/mol. The van der Waals surface area contributed by atoms with Crippen LogP contribution in [-0.4, -0.2) is 5.78 Å². The van der Waals surface area contributed by atoms with Gasteiger partial charge in [0.25, 0.3) is 0 Å². The van der Waals surface area contributed by atoms with Gasteiger partial charge < -0.3 is 0 Å². The molecule has 0 bridgehead atoms. The second kappa shape index (κ2) is 3.11. The van der Waals surface area contributed by atoms with Crippen LogP contribution in [0.1, 0.15) is 59.3 Å². The van der Waals surface area contributed by atoms with Crippen molar-refractivity contribution in [1.29, 1.82) is 0 Å². The Labute approximate surface area is 99.0 Å². The Morgan fingerprint density at radius 3 is 2.56 bits per heavy atom. The van der Waals surface area contributed by atoms with Gasteiger partial charge in [0.05, 0.1) is 0 Å². The molecule has 3 rings (SSSR count). The van der Waals surface area contributed by atoms with Crippen LogP contribution in [-0.2, 0) is 4.79 Å². The van der Waals surface area contributed by atoms with E-state index in [1.165, 1.54) is 32.1 Å². The molecular weight excluding hydrogens is 196 g/mol. The highest BCUT2D eigenvalue weighted by Gasteiger charge is 2.63. The summed E-state index contributed by atoms with van der Waals surface area (Å²) in [6, 6.07) is 0. The number of rotatable bonds is 0. The number of ketones is 1.